The van der Waals surface area contributed by atoms with Gasteiger partial charge in [0.15, 0.2) is 0 Å². The average molecular weight is 343 g/mol. The molecule has 0 bridgehead atoms. The van der Waals surface area contributed by atoms with Crippen LogP contribution in [0.2, 0.25) is 0 Å². The van der Waals surface area contributed by atoms with Crippen LogP contribution in [0.25, 0.3) is 0 Å². The average Bonchev–Trinajstić information content (AvgIpc) is 3.03. The summed E-state index contributed by atoms with van der Waals surface area (Å²) in [5.74, 6) is -0.376. The maximum atomic E-state index is 13.1. The Morgan fingerprint density at radius 1 is 1.32 bits per heavy atom. The molecule has 5 nitrogen and oxygen atoms in total. The number of halogens is 1. The summed E-state index contributed by atoms with van der Waals surface area (Å²) in [7, 11) is 0. The molecule has 6 heteroatoms. The van der Waals surface area contributed by atoms with Crippen molar-refractivity contribution in [2.45, 2.75) is 45.2 Å². The summed E-state index contributed by atoms with van der Waals surface area (Å²) in [4.78, 5) is 22.1. The van der Waals surface area contributed by atoms with Crippen molar-refractivity contribution in [1.29, 1.82) is 0 Å². The number of likely N-dealkylation sites (tertiary alicyclic amines) is 1. The molecule has 1 aromatic heterocycles. The molecule has 1 N–H and O–H groups in total. The van der Waals surface area contributed by atoms with Gasteiger partial charge >= 0.3 is 5.97 Å². The molecular formula is C19H22FN3O2. The van der Waals surface area contributed by atoms with E-state index in [9.17, 15) is 9.18 Å². The highest BCUT2D eigenvalue weighted by Crippen LogP contribution is 2.32. The maximum absolute atomic E-state index is 13.1. The van der Waals surface area contributed by atoms with Crippen molar-refractivity contribution in [2.24, 2.45) is 0 Å². The van der Waals surface area contributed by atoms with Crippen LogP contribution >= 0.6 is 0 Å². The number of aromatic nitrogens is 2. The molecule has 1 saturated heterocycles. The Balaban J connectivity index is 1.77. The van der Waals surface area contributed by atoms with Crippen LogP contribution in [0.3, 0.4) is 0 Å². The Morgan fingerprint density at radius 3 is 2.80 bits per heavy atom. The Bertz CT molecular complexity index is 749. The molecular weight excluding hydrogens is 321 g/mol. The lowest BCUT2D eigenvalue weighted by Crippen LogP contribution is -2.24. The first kappa shape index (κ1) is 17.5. The minimum atomic E-state index is -0.823. The zero-order chi connectivity index (χ0) is 17.8. The fourth-order valence-electron chi connectivity index (χ4n) is 3.36. The lowest BCUT2D eigenvalue weighted by atomic mass is 10.1. The molecule has 0 aliphatic carbocycles. The first-order valence-electron chi connectivity index (χ1n) is 8.56. The molecule has 1 aromatic carbocycles. The van der Waals surface area contributed by atoms with E-state index in [4.69, 9.17) is 5.11 Å². The quantitative estimate of drug-likeness (QED) is 0.872. The summed E-state index contributed by atoms with van der Waals surface area (Å²) in [6.07, 6.45) is 2.58. The van der Waals surface area contributed by atoms with E-state index in [2.05, 4.69) is 14.9 Å². The minimum absolute atomic E-state index is 0.0693. The summed E-state index contributed by atoms with van der Waals surface area (Å²) in [6, 6.07) is 8.72. The van der Waals surface area contributed by atoms with Gasteiger partial charge in [0.1, 0.15) is 11.6 Å². The van der Waals surface area contributed by atoms with E-state index in [0.717, 1.165) is 42.9 Å². The Labute approximate surface area is 146 Å². The van der Waals surface area contributed by atoms with Crippen LogP contribution in [0.15, 0.2) is 30.3 Å². The van der Waals surface area contributed by atoms with Crippen molar-refractivity contribution in [3.05, 3.63) is 58.9 Å². The van der Waals surface area contributed by atoms with E-state index < -0.39 is 5.97 Å². The highest BCUT2D eigenvalue weighted by atomic mass is 19.1. The summed E-state index contributed by atoms with van der Waals surface area (Å²) in [6.45, 7) is 3.56. The Hall–Kier alpha value is -2.34. The SMILES string of the molecule is Cc1nc(CCC(=O)O)cc([C@@H]2CCCN2Cc2ccc(F)cc2)n1. The zero-order valence-corrected chi connectivity index (χ0v) is 14.3. The van der Waals surface area contributed by atoms with Gasteiger partial charge in [-0.25, -0.2) is 14.4 Å². The molecule has 2 heterocycles. The van der Waals surface area contributed by atoms with E-state index in [1.807, 2.05) is 25.1 Å². The molecule has 2 aromatic rings. The number of hydrogen-bond acceptors (Lipinski definition) is 4. The first-order chi connectivity index (χ1) is 12.0. The predicted molar refractivity (Wildman–Crippen MR) is 91.5 cm³/mol. The highest BCUT2D eigenvalue weighted by Gasteiger charge is 2.27. The van der Waals surface area contributed by atoms with Crippen LogP contribution in [0.1, 0.15) is 48.1 Å². The fraction of sp³-hybridized carbons (Fsp3) is 0.421. The molecule has 3 rings (SSSR count). The van der Waals surface area contributed by atoms with Crippen molar-refractivity contribution < 1.29 is 14.3 Å². The van der Waals surface area contributed by atoms with Crippen LogP contribution in [0.4, 0.5) is 4.39 Å². The third kappa shape index (κ3) is 4.60. The predicted octanol–water partition coefficient (Wildman–Crippen LogP) is 3.28. The van der Waals surface area contributed by atoms with Crippen LogP contribution < -0.4 is 0 Å². The number of carboxylic acids is 1. The molecule has 0 spiro atoms. The number of carboxylic acid groups (broad SMARTS) is 1. The molecule has 0 unspecified atom stereocenters. The number of hydrogen-bond donors (Lipinski definition) is 1. The summed E-state index contributed by atoms with van der Waals surface area (Å²) in [5, 5.41) is 8.87. The zero-order valence-electron chi connectivity index (χ0n) is 14.3. The van der Waals surface area contributed by atoms with Crippen LogP contribution in [-0.2, 0) is 17.8 Å². The second-order valence-electron chi connectivity index (χ2n) is 6.48. The minimum Gasteiger partial charge on any atom is -0.481 e. The number of aliphatic carboxylic acids is 1. The smallest absolute Gasteiger partial charge is 0.303 e. The molecule has 1 aliphatic heterocycles. The molecule has 0 amide bonds. The van der Waals surface area contributed by atoms with Gasteiger partial charge in [0, 0.05) is 18.7 Å². The van der Waals surface area contributed by atoms with Gasteiger partial charge in [0.2, 0.25) is 0 Å². The van der Waals surface area contributed by atoms with Crippen molar-refractivity contribution in [3.8, 4) is 0 Å². The molecule has 0 saturated carbocycles. The van der Waals surface area contributed by atoms with Crippen molar-refractivity contribution in [1.82, 2.24) is 14.9 Å². The van der Waals surface area contributed by atoms with Gasteiger partial charge in [-0.05, 0) is 50.1 Å². The van der Waals surface area contributed by atoms with Gasteiger partial charge in [-0.2, -0.15) is 0 Å². The van der Waals surface area contributed by atoms with E-state index in [1.165, 1.54) is 12.1 Å². The molecule has 1 atom stereocenters. The second kappa shape index (κ2) is 7.70. The number of aryl methyl sites for hydroxylation is 2. The van der Waals surface area contributed by atoms with E-state index in [1.54, 1.807) is 0 Å². The van der Waals surface area contributed by atoms with Gasteiger partial charge in [0.25, 0.3) is 0 Å². The lowest BCUT2D eigenvalue weighted by Gasteiger charge is -2.24. The third-order valence-corrected chi connectivity index (χ3v) is 4.51. The van der Waals surface area contributed by atoms with Crippen molar-refractivity contribution >= 4 is 5.97 Å². The fourth-order valence-corrected chi connectivity index (χ4v) is 3.36. The van der Waals surface area contributed by atoms with Crippen LogP contribution in [0.5, 0.6) is 0 Å². The van der Waals surface area contributed by atoms with Gasteiger partial charge in [-0.15, -0.1) is 0 Å². The van der Waals surface area contributed by atoms with Crippen molar-refractivity contribution in [2.75, 3.05) is 6.54 Å². The number of rotatable bonds is 6. The molecule has 132 valence electrons. The Morgan fingerprint density at radius 2 is 2.08 bits per heavy atom. The van der Waals surface area contributed by atoms with E-state index in [0.29, 0.717) is 12.2 Å². The molecule has 1 fully saturated rings. The molecule has 1 aliphatic rings. The van der Waals surface area contributed by atoms with Gasteiger partial charge < -0.3 is 5.11 Å². The highest BCUT2D eigenvalue weighted by molar-refractivity contribution is 5.66. The standard InChI is InChI=1S/C19H22FN3O2/c1-13-21-16(8-9-19(24)25)11-17(22-13)18-3-2-10-23(18)12-14-4-6-15(20)7-5-14/h4-7,11,18H,2-3,8-10,12H2,1H3,(H,24,25)/t18-/m0/s1. The maximum Gasteiger partial charge on any atom is 0.303 e. The first-order valence-corrected chi connectivity index (χ1v) is 8.56. The number of benzene rings is 1. The van der Waals surface area contributed by atoms with Gasteiger partial charge in [-0.3, -0.25) is 9.69 Å². The Kier molecular flexibility index (Phi) is 5.38. The number of nitrogens with zero attached hydrogens (tertiary/aromatic N) is 3. The molecule has 25 heavy (non-hydrogen) atoms. The lowest BCUT2D eigenvalue weighted by molar-refractivity contribution is -0.136. The second-order valence-corrected chi connectivity index (χ2v) is 6.48. The summed E-state index contributed by atoms with van der Waals surface area (Å²) >= 11 is 0. The summed E-state index contributed by atoms with van der Waals surface area (Å²) in [5.41, 5.74) is 2.80. The monoisotopic (exact) mass is 343 g/mol. The summed E-state index contributed by atoms with van der Waals surface area (Å²) < 4.78 is 13.1. The van der Waals surface area contributed by atoms with Gasteiger partial charge in [0.05, 0.1) is 18.2 Å². The number of carbonyl (C=O) groups is 1. The third-order valence-electron chi connectivity index (χ3n) is 4.51. The van der Waals surface area contributed by atoms with Gasteiger partial charge in [-0.1, -0.05) is 12.1 Å². The topological polar surface area (TPSA) is 66.3 Å². The normalized spacial score (nSPS) is 17.8. The van der Waals surface area contributed by atoms with Crippen molar-refractivity contribution in [3.63, 3.8) is 0 Å². The molecule has 0 radical (unpaired) electrons. The van der Waals surface area contributed by atoms with E-state index >= 15 is 0 Å². The largest absolute Gasteiger partial charge is 0.481 e. The van der Waals surface area contributed by atoms with Crippen LogP contribution in [0, 0.1) is 12.7 Å². The van der Waals surface area contributed by atoms with Crippen LogP contribution in [-0.4, -0.2) is 32.5 Å². The van der Waals surface area contributed by atoms with E-state index in [-0.39, 0.29) is 18.3 Å².